The van der Waals surface area contributed by atoms with Crippen LogP contribution >= 0.6 is 0 Å². The number of hydrazine groups is 1. The van der Waals surface area contributed by atoms with E-state index in [0.717, 1.165) is 11.1 Å². The van der Waals surface area contributed by atoms with Gasteiger partial charge in [-0.2, -0.15) is 4.72 Å². The Morgan fingerprint density at radius 2 is 1.77 bits per heavy atom. The number of aliphatic imine (C=N–C) groups is 1. The van der Waals surface area contributed by atoms with E-state index in [-0.39, 0.29) is 57.1 Å². The first-order valence-electron chi connectivity index (χ1n) is 12.6. The number of aryl methyl sites for hydroxylation is 1. The van der Waals surface area contributed by atoms with Crippen LogP contribution in [0.4, 0.5) is 4.79 Å². The van der Waals surface area contributed by atoms with Crippen LogP contribution in [0.1, 0.15) is 24.0 Å². The van der Waals surface area contributed by atoms with E-state index >= 15 is 0 Å². The van der Waals surface area contributed by atoms with Gasteiger partial charge in [0.2, 0.25) is 15.9 Å². The van der Waals surface area contributed by atoms with Gasteiger partial charge in [-0.05, 0) is 43.0 Å². The van der Waals surface area contributed by atoms with Crippen LogP contribution in [0.25, 0.3) is 0 Å². The number of rotatable bonds is 11. The van der Waals surface area contributed by atoms with Gasteiger partial charge in [-0.25, -0.2) is 28.3 Å². The second-order valence-electron chi connectivity index (χ2n) is 9.12. The van der Waals surface area contributed by atoms with Gasteiger partial charge in [0, 0.05) is 32.7 Å². The van der Waals surface area contributed by atoms with Crippen LogP contribution in [0.2, 0.25) is 0 Å². The Morgan fingerprint density at radius 3 is 2.42 bits per heavy atom. The number of amides is 2. The first-order valence-corrected chi connectivity index (χ1v) is 14.1. The van der Waals surface area contributed by atoms with Gasteiger partial charge >= 0.3 is 6.09 Å². The Labute approximate surface area is 232 Å². The zero-order valence-electron chi connectivity index (χ0n) is 22.1. The molecule has 0 saturated carbocycles. The first kappa shape index (κ1) is 30.3. The van der Waals surface area contributed by atoms with Crippen molar-refractivity contribution in [1.82, 2.24) is 19.9 Å². The summed E-state index contributed by atoms with van der Waals surface area (Å²) in [6, 6.07) is 14.4. The lowest BCUT2D eigenvalue weighted by Gasteiger charge is -2.36. The Morgan fingerprint density at radius 1 is 1.10 bits per heavy atom. The number of nitrogens with one attached hydrogen (secondary N) is 2. The maximum atomic E-state index is 13.4. The van der Waals surface area contributed by atoms with Crippen molar-refractivity contribution in [3.63, 3.8) is 0 Å². The standard InChI is InChI=1S/C25H33N7O7S/c1-19-7-5-10-21(17-19)40(37,38)29-22(11-6-12-27-24(26)28-32(35)36)23(33)30-13-15-31(16-14-30)25(34)39-18-20-8-3-2-4-9-20/h2-5,7-10,17,22,29H,6,11-16,18H2,1H3,(H3,26,27,28)/t22-/m0/s1. The number of carbonyl (C=O) groups is 2. The topological polar surface area (TPSA) is 190 Å². The molecule has 1 saturated heterocycles. The summed E-state index contributed by atoms with van der Waals surface area (Å²) in [4.78, 5) is 43.2. The second kappa shape index (κ2) is 14.2. The Hall–Kier alpha value is -4.24. The number of nitrogens with two attached hydrogens (primary N) is 1. The molecule has 2 aromatic rings. The van der Waals surface area contributed by atoms with E-state index in [2.05, 4.69) is 9.71 Å². The summed E-state index contributed by atoms with van der Waals surface area (Å²) in [5.41, 5.74) is 8.74. The average Bonchev–Trinajstić information content (AvgIpc) is 2.93. The zero-order chi connectivity index (χ0) is 29.1. The van der Waals surface area contributed by atoms with Crippen molar-refractivity contribution in [1.29, 1.82) is 0 Å². The molecule has 2 aromatic carbocycles. The summed E-state index contributed by atoms with van der Waals surface area (Å²) in [6.45, 7) is 2.76. The summed E-state index contributed by atoms with van der Waals surface area (Å²) in [5, 5.41) is 9.62. The highest BCUT2D eigenvalue weighted by Gasteiger charge is 2.32. The molecule has 15 heteroatoms. The molecule has 14 nitrogen and oxygen atoms in total. The van der Waals surface area contributed by atoms with E-state index in [4.69, 9.17) is 10.5 Å². The molecule has 216 valence electrons. The molecular formula is C25H33N7O7S. The highest BCUT2D eigenvalue weighted by atomic mass is 32.2. The predicted molar refractivity (Wildman–Crippen MR) is 146 cm³/mol. The van der Waals surface area contributed by atoms with Gasteiger partial charge < -0.3 is 20.3 Å². The van der Waals surface area contributed by atoms with Crippen molar-refractivity contribution < 1.29 is 27.8 Å². The van der Waals surface area contributed by atoms with Crippen molar-refractivity contribution in [2.45, 2.75) is 37.3 Å². The Balaban J connectivity index is 1.62. The molecule has 1 atom stereocenters. The van der Waals surface area contributed by atoms with E-state index in [0.29, 0.717) is 0 Å². The number of guanidine groups is 1. The van der Waals surface area contributed by atoms with Crippen LogP contribution < -0.4 is 15.9 Å². The number of hydrogen-bond acceptors (Lipinski definition) is 8. The van der Waals surface area contributed by atoms with Crippen LogP contribution in [0, 0.1) is 17.0 Å². The van der Waals surface area contributed by atoms with Gasteiger partial charge in [0.15, 0.2) is 5.03 Å². The van der Waals surface area contributed by atoms with Gasteiger partial charge in [0.05, 0.1) is 4.90 Å². The minimum Gasteiger partial charge on any atom is -0.445 e. The fourth-order valence-electron chi connectivity index (χ4n) is 4.03. The number of hydrogen-bond donors (Lipinski definition) is 3. The molecule has 0 radical (unpaired) electrons. The van der Waals surface area contributed by atoms with Crippen molar-refractivity contribution in [2.75, 3.05) is 32.7 Å². The molecule has 1 heterocycles. The molecule has 0 bridgehead atoms. The highest BCUT2D eigenvalue weighted by molar-refractivity contribution is 7.89. The van der Waals surface area contributed by atoms with Crippen LogP contribution in [0.5, 0.6) is 0 Å². The summed E-state index contributed by atoms with van der Waals surface area (Å²) >= 11 is 0. The molecule has 1 fully saturated rings. The lowest BCUT2D eigenvalue weighted by molar-refractivity contribution is -0.525. The average molecular weight is 576 g/mol. The summed E-state index contributed by atoms with van der Waals surface area (Å²) in [5.74, 6) is -0.850. The largest absolute Gasteiger partial charge is 0.445 e. The zero-order valence-corrected chi connectivity index (χ0v) is 22.9. The van der Waals surface area contributed by atoms with E-state index in [1.165, 1.54) is 21.9 Å². The molecule has 4 N–H and O–H groups in total. The fourth-order valence-corrected chi connectivity index (χ4v) is 5.36. The maximum absolute atomic E-state index is 13.4. The normalized spacial score (nSPS) is 14.9. The van der Waals surface area contributed by atoms with Crippen LogP contribution in [0.15, 0.2) is 64.5 Å². The molecular weight excluding hydrogens is 542 g/mol. The van der Waals surface area contributed by atoms with Crippen molar-refractivity contribution in [3.05, 3.63) is 75.8 Å². The lowest BCUT2D eigenvalue weighted by Crippen LogP contribution is -2.55. The molecule has 2 amide bonds. The molecule has 0 aromatic heterocycles. The SMILES string of the molecule is Cc1cccc(S(=O)(=O)N[C@@H](CCCN=C(N)N[N+](=O)[O-])C(=O)N2CCN(C(=O)OCc3ccccc3)CC2)c1. The quantitative estimate of drug-likeness (QED) is 0.115. The number of nitrogens with zero attached hydrogens (tertiary/aromatic N) is 4. The molecule has 3 rings (SSSR count). The third-order valence-electron chi connectivity index (χ3n) is 6.09. The third kappa shape index (κ3) is 9.20. The van der Waals surface area contributed by atoms with Gasteiger partial charge in [-0.1, -0.05) is 47.9 Å². The monoisotopic (exact) mass is 575 g/mol. The maximum Gasteiger partial charge on any atom is 0.410 e. The van der Waals surface area contributed by atoms with Crippen LogP contribution in [-0.2, 0) is 26.2 Å². The minimum absolute atomic E-state index is 0.0220. The number of carbonyl (C=O) groups excluding carboxylic acids is 2. The van der Waals surface area contributed by atoms with Gasteiger partial charge in [-0.15, -0.1) is 0 Å². The Kier molecular flexibility index (Phi) is 10.8. The summed E-state index contributed by atoms with van der Waals surface area (Å²) in [6.07, 6.45) is -0.205. The van der Waals surface area contributed by atoms with E-state index < -0.39 is 39.1 Å². The second-order valence-corrected chi connectivity index (χ2v) is 10.8. The molecule has 40 heavy (non-hydrogen) atoms. The van der Waals surface area contributed by atoms with E-state index in [1.54, 1.807) is 24.5 Å². The number of sulfonamides is 1. The van der Waals surface area contributed by atoms with Crippen molar-refractivity contribution in [2.24, 2.45) is 10.7 Å². The first-order chi connectivity index (χ1) is 19.0. The summed E-state index contributed by atoms with van der Waals surface area (Å²) in [7, 11) is -4.04. The molecule has 1 aliphatic rings. The molecule has 1 aliphatic heterocycles. The summed E-state index contributed by atoms with van der Waals surface area (Å²) < 4.78 is 34.0. The van der Waals surface area contributed by atoms with E-state index in [1.807, 2.05) is 30.3 Å². The number of benzene rings is 2. The molecule has 0 aliphatic carbocycles. The van der Waals surface area contributed by atoms with Crippen LogP contribution in [0.3, 0.4) is 0 Å². The van der Waals surface area contributed by atoms with Crippen LogP contribution in [-0.4, -0.2) is 80.0 Å². The number of nitro groups is 1. The highest BCUT2D eigenvalue weighted by Crippen LogP contribution is 2.15. The molecule has 0 spiro atoms. The van der Waals surface area contributed by atoms with Crippen molar-refractivity contribution in [3.8, 4) is 0 Å². The third-order valence-corrected chi connectivity index (χ3v) is 7.56. The minimum atomic E-state index is -4.04. The van der Waals surface area contributed by atoms with Gasteiger partial charge in [0.25, 0.3) is 5.96 Å². The fraction of sp³-hybridized carbons (Fsp3) is 0.400. The van der Waals surface area contributed by atoms with Gasteiger partial charge in [0.1, 0.15) is 12.6 Å². The molecule has 0 unspecified atom stereocenters. The Bertz CT molecular complexity index is 1310. The van der Waals surface area contributed by atoms with E-state index in [9.17, 15) is 28.1 Å². The number of piperazine rings is 1. The van der Waals surface area contributed by atoms with Crippen molar-refractivity contribution >= 4 is 28.0 Å². The smallest absolute Gasteiger partial charge is 0.410 e. The number of ether oxygens (including phenoxy) is 1. The van der Waals surface area contributed by atoms with Gasteiger partial charge in [-0.3, -0.25) is 4.79 Å². The lowest BCUT2D eigenvalue weighted by atomic mass is 10.1. The predicted octanol–water partition coefficient (Wildman–Crippen LogP) is 0.999.